The van der Waals surface area contributed by atoms with E-state index in [9.17, 15) is 23.6 Å². The predicted octanol–water partition coefficient (Wildman–Crippen LogP) is 3.25. The highest BCUT2D eigenvalue weighted by Gasteiger charge is 2.38. The molecule has 3 aromatic carbocycles. The van der Waals surface area contributed by atoms with Gasteiger partial charge in [-0.1, -0.05) is 30.3 Å². The van der Waals surface area contributed by atoms with Gasteiger partial charge >= 0.3 is 0 Å². The highest BCUT2D eigenvalue weighted by atomic mass is 19.1. The first-order valence-corrected chi connectivity index (χ1v) is 13.0. The molecule has 0 aliphatic carbocycles. The van der Waals surface area contributed by atoms with Crippen LogP contribution in [-0.2, 0) is 25.7 Å². The average molecular weight is 545 g/mol. The number of anilines is 3. The highest BCUT2D eigenvalue weighted by molar-refractivity contribution is 6.52. The smallest absolute Gasteiger partial charge is 0.299 e. The van der Waals surface area contributed by atoms with Gasteiger partial charge in [0.1, 0.15) is 18.4 Å². The SMILES string of the molecule is CC(C(=O)Nc1ccc(N2CCOCC2)cc1)N(Cc1ccccc1F)C(=O)CN1C(=O)C(=O)c2ccccc21. The van der Waals surface area contributed by atoms with Crippen LogP contribution in [-0.4, -0.2) is 67.3 Å². The van der Waals surface area contributed by atoms with Crippen LogP contribution in [0.3, 0.4) is 0 Å². The van der Waals surface area contributed by atoms with Crippen LogP contribution < -0.4 is 15.1 Å². The van der Waals surface area contributed by atoms with Crippen LogP contribution in [0.1, 0.15) is 22.8 Å². The minimum atomic E-state index is -1.02. The number of rotatable bonds is 8. The Bertz CT molecular complexity index is 1440. The van der Waals surface area contributed by atoms with Gasteiger partial charge in [0.25, 0.3) is 11.7 Å². The molecule has 206 valence electrons. The summed E-state index contributed by atoms with van der Waals surface area (Å²) in [5.74, 6) is -3.13. The maximum atomic E-state index is 14.6. The lowest BCUT2D eigenvalue weighted by molar-refractivity contribution is -0.138. The number of hydrogen-bond acceptors (Lipinski definition) is 6. The molecule has 0 aromatic heterocycles. The second-order valence-electron chi connectivity index (χ2n) is 9.66. The predicted molar refractivity (Wildman–Crippen MR) is 148 cm³/mol. The van der Waals surface area contributed by atoms with E-state index in [1.54, 1.807) is 43.3 Å². The van der Waals surface area contributed by atoms with Gasteiger partial charge in [0.2, 0.25) is 11.8 Å². The average Bonchev–Trinajstić information content (AvgIpc) is 3.22. The molecule has 2 aliphatic rings. The molecule has 2 aliphatic heterocycles. The Hall–Kier alpha value is -4.57. The number of hydrogen-bond donors (Lipinski definition) is 1. The van der Waals surface area contributed by atoms with Crippen LogP contribution in [0, 0.1) is 5.82 Å². The molecule has 3 amide bonds. The van der Waals surface area contributed by atoms with Crippen LogP contribution >= 0.6 is 0 Å². The van der Waals surface area contributed by atoms with Crippen LogP contribution in [0.25, 0.3) is 0 Å². The fourth-order valence-electron chi connectivity index (χ4n) is 4.85. The molecular formula is C30H29FN4O5. The van der Waals surface area contributed by atoms with Crippen molar-refractivity contribution in [2.45, 2.75) is 19.5 Å². The van der Waals surface area contributed by atoms with Crippen LogP contribution in [0.2, 0.25) is 0 Å². The molecule has 5 rings (SSSR count). The van der Waals surface area contributed by atoms with E-state index in [0.29, 0.717) is 24.6 Å². The summed E-state index contributed by atoms with van der Waals surface area (Å²) in [5, 5.41) is 2.83. The number of carbonyl (C=O) groups excluding carboxylic acids is 4. The molecule has 1 N–H and O–H groups in total. The summed E-state index contributed by atoms with van der Waals surface area (Å²) in [5.41, 5.74) is 2.31. The van der Waals surface area contributed by atoms with Crippen molar-refractivity contribution in [1.29, 1.82) is 0 Å². The minimum absolute atomic E-state index is 0.201. The Morgan fingerprint density at radius 2 is 1.65 bits per heavy atom. The van der Waals surface area contributed by atoms with E-state index in [2.05, 4.69) is 10.2 Å². The summed E-state index contributed by atoms with van der Waals surface area (Å²) in [6.45, 7) is 3.75. The molecule has 1 saturated heterocycles. The second kappa shape index (κ2) is 11.7. The number of ketones is 1. The van der Waals surface area contributed by atoms with E-state index >= 15 is 0 Å². The molecule has 0 bridgehead atoms. The van der Waals surface area contributed by atoms with E-state index in [1.807, 2.05) is 12.1 Å². The number of ether oxygens (including phenoxy) is 1. The quantitative estimate of drug-likeness (QED) is 0.437. The zero-order valence-corrected chi connectivity index (χ0v) is 22.0. The molecule has 0 radical (unpaired) electrons. The Labute approximate surface area is 231 Å². The third-order valence-corrected chi connectivity index (χ3v) is 7.15. The Kier molecular flexibility index (Phi) is 7.88. The van der Waals surface area contributed by atoms with Crippen LogP contribution in [0.5, 0.6) is 0 Å². The number of morpholine rings is 1. The molecule has 1 unspecified atom stereocenters. The largest absolute Gasteiger partial charge is 0.378 e. The summed E-state index contributed by atoms with van der Waals surface area (Å²) >= 11 is 0. The maximum Gasteiger partial charge on any atom is 0.299 e. The zero-order valence-electron chi connectivity index (χ0n) is 22.0. The van der Waals surface area contributed by atoms with Crippen molar-refractivity contribution in [2.75, 3.05) is 48.0 Å². The maximum absolute atomic E-state index is 14.6. The fraction of sp³-hybridized carbons (Fsp3) is 0.267. The summed E-state index contributed by atoms with van der Waals surface area (Å²) in [7, 11) is 0. The standard InChI is InChI=1S/C30H29FN4O5/c1-20(29(38)32-22-10-12-23(13-11-22)33-14-16-40-17-15-33)34(18-21-6-2-4-8-25(21)31)27(36)19-35-26-9-5-3-7-24(26)28(37)30(35)39/h2-13,20H,14-19H2,1H3,(H,32,38). The number of para-hydroxylation sites is 1. The molecule has 3 aromatic rings. The van der Waals surface area contributed by atoms with E-state index in [4.69, 9.17) is 4.74 Å². The number of nitrogens with one attached hydrogen (secondary N) is 1. The first kappa shape index (κ1) is 27.0. The Balaban J connectivity index is 1.34. The van der Waals surface area contributed by atoms with E-state index in [0.717, 1.165) is 23.7 Å². The first-order chi connectivity index (χ1) is 19.3. The fourth-order valence-corrected chi connectivity index (χ4v) is 4.85. The molecule has 0 spiro atoms. The van der Waals surface area contributed by atoms with Crippen molar-refractivity contribution in [2.24, 2.45) is 0 Å². The molecule has 10 heteroatoms. The number of halogens is 1. The van der Waals surface area contributed by atoms with Gasteiger partial charge < -0.3 is 19.9 Å². The lowest BCUT2D eigenvalue weighted by Crippen LogP contribution is -2.49. The zero-order chi connectivity index (χ0) is 28.2. The van der Waals surface area contributed by atoms with Crippen LogP contribution in [0.15, 0.2) is 72.8 Å². The number of nitrogens with zero attached hydrogens (tertiary/aromatic N) is 3. The van der Waals surface area contributed by atoms with Gasteiger partial charge in [-0.3, -0.25) is 24.1 Å². The Morgan fingerprint density at radius 1 is 0.975 bits per heavy atom. The van der Waals surface area contributed by atoms with Gasteiger partial charge in [-0.2, -0.15) is 0 Å². The van der Waals surface area contributed by atoms with Crippen LogP contribution in [0.4, 0.5) is 21.5 Å². The van der Waals surface area contributed by atoms with Crippen molar-refractivity contribution >= 4 is 40.6 Å². The second-order valence-corrected chi connectivity index (χ2v) is 9.66. The number of amides is 3. The van der Waals surface area contributed by atoms with E-state index in [1.165, 1.54) is 29.2 Å². The molecule has 0 saturated carbocycles. The van der Waals surface area contributed by atoms with Gasteiger partial charge in [-0.15, -0.1) is 0 Å². The highest BCUT2D eigenvalue weighted by Crippen LogP contribution is 2.29. The number of benzene rings is 3. The molecule has 1 fully saturated rings. The third kappa shape index (κ3) is 5.57. The number of fused-ring (bicyclic) bond motifs is 1. The van der Waals surface area contributed by atoms with Crippen molar-refractivity contribution in [3.8, 4) is 0 Å². The van der Waals surface area contributed by atoms with Gasteiger partial charge in [-0.05, 0) is 49.4 Å². The summed E-state index contributed by atoms with van der Waals surface area (Å²) < 4.78 is 20.0. The third-order valence-electron chi connectivity index (χ3n) is 7.15. The van der Waals surface area contributed by atoms with Gasteiger partial charge in [-0.25, -0.2) is 4.39 Å². The van der Waals surface area contributed by atoms with E-state index in [-0.39, 0.29) is 17.7 Å². The molecule has 1 atom stereocenters. The molecule has 2 heterocycles. The van der Waals surface area contributed by atoms with Gasteiger partial charge in [0.15, 0.2) is 0 Å². The molecular weight excluding hydrogens is 515 g/mol. The van der Waals surface area contributed by atoms with Crippen molar-refractivity contribution in [3.63, 3.8) is 0 Å². The van der Waals surface area contributed by atoms with Crippen molar-refractivity contribution in [3.05, 3.63) is 89.7 Å². The molecule has 40 heavy (non-hydrogen) atoms. The van der Waals surface area contributed by atoms with Gasteiger partial charge in [0, 0.05) is 36.6 Å². The summed E-state index contributed by atoms with van der Waals surface area (Å²) in [6.07, 6.45) is 0. The van der Waals surface area contributed by atoms with Crippen molar-refractivity contribution < 1.29 is 28.3 Å². The Morgan fingerprint density at radius 3 is 2.38 bits per heavy atom. The minimum Gasteiger partial charge on any atom is -0.378 e. The van der Waals surface area contributed by atoms with Crippen molar-refractivity contribution in [1.82, 2.24) is 4.90 Å². The summed E-state index contributed by atoms with van der Waals surface area (Å²) in [6, 6.07) is 18.8. The topological polar surface area (TPSA) is 99.3 Å². The molecule has 9 nitrogen and oxygen atoms in total. The normalized spacial score (nSPS) is 15.6. The van der Waals surface area contributed by atoms with Gasteiger partial charge in [0.05, 0.1) is 24.5 Å². The summed E-state index contributed by atoms with van der Waals surface area (Å²) in [4.78, 5) is 56.5. The number of Topliss-reactive ketones (excluding diaryl/α,β-unsaturated/α-hetero) is 1. The number of carbonyl (C=O) groups is 4. The lowest BCUT2D eigenvalue weighted by Gasteiger charge is -2.31. The first-order valence-electron chi connectivity index (χ1n) is 13.0. The lowest BCUT2D eigenvalue weighted by atomic mass is 10.1. The van der Waals surface area contributed by atoms with E-state index < -0.39 is 41.9 Å². The monoisotopic (exact) mass is 544 g/mol.